The van der Waals surface area contributed by atoms with Crippen LogP contribution in [0.25, 0.3) is 23.0 Å². The maximum absolute atomic E-state index is 4.85. The Morgan fingerprint density at radius 2 is 1.52 bits per heavy atom. The van der Waals surface area contributed by atoms with Gasteiger partial charge in [-0.3, -0.25) is 0 Å². The molecule has 132 valence electrons. The molecule has 0 atom stereocenters. The van der Waals surface area contributed by atoms with Gasteiger partial charge in [0.05, 0.1) is 11.3 Å². The highest BCUT2D eigenvalue weighted by molar-refractivity contribution is 5.93. The lowest BCUT2D eigenvalue weighted by molar-refractivity contribution is -0.594. The van der Waals surface area contributed by atoms with Crippen LogP contribution < -0.4 is 28.5 Å². The van der Waals surface area contributed by atoms with E-state index >= 15 is 0 Å². The van der Waals surface area contributed by atoms with E-state index in [2.05, 4.69) is 95.2 Å². The van der Waals surface area contributed by atoms with Crippen LogP contribution >= 0.6 is 0 Å². The summed E-state index contributed by atoms with van der Waals surface area (Å²) in [6.07, 6.45) is 4.36. The van der Waals surface area contributed by atoms with Crippen molar-refractivity contribution in [1.82, 2.24) is 9.78 Å². The van der Waals surface area contributed by atoms with Crippen LogP contribution in [-0.4, -0.2) is 9.78 Å². The topological polar surface area (TPSA) is 21.7 Å². The predicted molar refractivity (Wildman–Crippen MR) is 103 cm³/mol. The maximum atomic E-state index is 4.85. The Morgan fingerprint density at radius 1 is 0.852 bits per heavy atom. The smallest absolute Gasteiger partial charge is 0.261 e. The third-order valence-corrected chi connectivity index (χ3v) is 4.77. The minimum atomic E-state index is 0. The number of para-hydroxylation sites is 1. The van der Waals surface area contributed by atoms with Crippen molar-refractivity contribution in [3.05, 3.63) is 108 Å². The van der Waals surface area contributed by atoms with E-state index in [4.69, 9.17) is 5.10 Å². The van der Waals surface area contributed by atoms with Crippen molar-refractivity contribution in [3.8, 4) is 11.4 Å². The molecule has 3 nitrogen and oxygen atoms in total. The summed E-state index contributed by atoms with van der Waals surface area (Å²) in [4.78, 5) is 0. The Balaban J connectivity index is 0.00000180. The number of rotatable bonds is 2. The van der Waals surface area contributed by atoms with Crippen LogP contribution in [-0.2, 0) is 0 Å². The average molecular weight is 463 g/mol. The molecule has 4 heteroatoms. The number of fused-ring (bicyclic) bond motifs is 3. The molecule has 0 bridgehead atoms. The zero-order chi connectivity index (χ0) is 17.5. The molecule has 0 aliphatic carbocycles. The summed E-state index contributed by atoms with van der Waals surface area (Å²) in [5, 5.41) is 4.85. The molecule has 27 heavy (non-hydrogen) atoms. The van der Waals surface area contributed by atoms with Gasteiger partial charge in [0.25, 0.3) is 5.69 Å². The Labute approximate surface area is 175 Å². The normalized spacial score (nSPS) is 13.1. The minimum absolute atomic E-state index is 0. The van der Waals surface area contributed by atoms with E-state index in [-0.39, 0.29) is 24.0 Å². The van der Waals surface area contributed by atoms with Crippen LogP contribution in [0.4, 0.5) is 0 Å². The van der Waals surface area contributed by atoms with Gasteiger partial charge in [-0.2, -0.15) is 9.67 Å². The third kappa shape index (κ3) is 2.90. The summed E-state index contributed by atoms with van der Waals surface area (Å²) < 4.78 is 4.30. The number of aromatic nitrogens is 3. The molecule has 0 saturated carbocycles. The van der Waals surface area contributed by atoms with Gasteiger partial charge in [-0.25, -0.2) is 4.68 Å². The molecule has 0 spiro atoms. The Kier molecular flexibility index (Phi) is 4.66. The lowest BCUT2D eigenvalue weighted by Crippen LogP contribution is -3.00. The molecule has 0 saturated heterocycles. The summed E-state index contributed by atoms with van der Waals surface area (Å²) in [7, 11) is 0. The van der Waals surface area contributed by atoms with E-state index in [1.165, 1.54) is 16.8 Å². The first-order valence-electron chi connectivity index (χ1n) is 8.76. The summed E-state index contributed by atoms with van der Waals surface area (Å²) in [6, 6.07) is 27.1. The van der Waals surface area contributed by atoms with Crippen molar-refractivity contribution < 1.29 is 28.5 Å². The second kappa shape index (κ2) is 7.12. The van der Waals surface area contributed by atoms with E-state index in [0.29, 0.717) is 0 Å². The van der Waals surface area contributed by atoms with Gasteiger partial charge in [0, 0.05) is 12.1 Å². The molecule has 4 aromatic rings. The highest BCUT2D eigenvalue weighted by Gasteiger charge is 2.38. The number of hydrogen-bond donors (Lipinski definition) is 0. The van der Waals surface area contributed by atoms with E-state index in [1.54, 1.807) is 0 Å². The quantitative estimate of drug-likeness (QED) is 0.286. The van der Waals surface area contributed by atoms with Crippen molar-refractivity contribution >= 4 is 11.6 Å². The number of pyridine rings is 1. The second-order valence-electron chi connectivity index (χ2n) is 6.45. The zero-order valence-corrected chi connectivity index (χ0v) is 17.0. The first-order valence-corrected chi connectivity index (χ1v) is 8.76. The van der Waals surface area contributed by atoms with Gasteiger partial charge in [0.2, 0.25) is 5.69 Å². The molecule has 0 radical (unpaired) electrons. The van der Waals surface area contributed by atoms with Gasteiger partial charge in [0.15, 0.2) is 11.9 Å². The Morgan fingerprint density at radius 3 is 2.26 bits per heavy atom. The van der Waals surface area contributed by atoms with E-state index in [1.807, 2.05) is 12.1 Å². The summed E-state index contributed by atoms with van der Waals surface area (Å²) >= 11 is 0. The van der Waals surface area contributed by atoms with E-state index < -0.39 is 0 Å². The molecule has 1 aliphatic rings. The molecule has 0 unspecified atom stereocenters. The molecule has 2 aromatic heterocycles. The monoisotopic (exact) mass is 463 g/mol. The molecule has 0 amide bonds. The fraction of sp³-hybridized carbons (Fsp3) is 0.0435. The minimum Gasteiger partial charge on any atom is -1.00 e. The third-order valence-electron chi connectivity index (χ3n) is 4.77. The number of aryl methyl sites for hydroxylation is 1. The van der Waals surface area contributed by atoms with Crippen LogP contribution in [0, 0.1) is 6.92 Å². The van der Waals surface area contributed by atoms with Crippen molar-refractivity contribution in [3.63, 3.8) is 0 Å². The first-order chi connectivity index (χ1) is 12.8. The lowest BCUT2D eigenvalue weighted by atomic mass is 10.1. The summed E-state index contributed by atoms with van der Waals surface area (Å²) in [6.45, 7) is 2.08. The number of benzene rings is 2. The summed E-state index contributed by atoms with van der Waals surface area (Å²) in [5.41, 5.74) is 7.97. The number of hydrogen-bond acceptors (Lipinski definition) is 1. The van der Waals surface area contributed by atoms with Gasteiger partial charge in [-0.1, -0.05) is 48.5 Å². The molecule has 5 rings (SSSR count). The fourth-order valence-electron chi connectivity index (χ4n) is 3.64. The Bertz CT molecular complexity index is 1130. The molecule has 0 fully saturated rings. The first kappa shape index (κ1) is 17.7. The second-order valence-corrected chi connectivity index (χ2v) is 6.45. The Hall–Kier alpha value is -2.73. The fourth-order valence-corrected chi connectivity index (χ4v) is 3.64. The SMILES string of the molecule is Cc1nn(-c2ccccc2)c2c1-[n+]1ccccc1/C2=C/c1ccccc1.[I-]. The lowest BCUT2D eigenvalue weighted by Gasteiger charge is -2.05. The highest BCUT2D eigenvalue weighted by Crippen LogP contribution is 2.36. The van der Waals surface area contributed by atoms with Gasteiger partial charge >= 0.3 is 0 Å². The van der Waals surface area contributed by atoms with E-state index in [0.717, 1.165) is 22.8 Å². The van der Waals surface area contributed by atoms with Crippen molar-refractivity contribution in [2.45, 2.75) is 6.92 Å². The molecular formula is C23H18IN3. The standard InChI is InChI=1S/C23H18N3.HI/c1-17-22-23(26(24-17)19-12-6-3-7-13-19)20(16-18-10-4-2-5-11-18)21-14-8-9-15-25(21)22;/h2-16H,1H3;1H/q+1;/p-1/b20-16-;. The maximum Gasteiger partial charge on any atom is 0.261 e. The van der Waals surface area contributed by atoms with Crippen LogP contribution in [0.5, 0.6) is 0 Å². The van der Waals surface area contributed by atoms with Crippen molar-refractivity contribution in [1.29, 1.82) is 0 Å². The van der Waals surface area contributed by atoms with Crippen LogP contribution in [0.2, 0.25) is 0 Å². The molecule has 2 aromatic carbocycles. The predicted octanol–water partition coefficient (Wildman–Crippen LogP) is 1.36. The van der Waals surface area contributed by atoms with Crippen molar-refractivity contribution in [2.24, 2.45) is 0 Å². The van der Waals surface area contributed by atoms with Crippen LogP contribution in [0.3, 0.4) is 0 Å². The number of halogens is 1. The highest BCUT2D eigenvalue weighted by atomic mass is 127. The molecule has 1 aliphatic heterocycles. The largest absolute Gasteiger partial charge is 1.00 e. The van der Waals surface area contributed by atoms with Crippen molar-refractivity contribution in [2.75, 3.05) is 0 Å². The molecule has 3 heterocycles. The zero-order valence-electron chi connectivity index (χ0n) is 14.9. The molecule has 0 N–H and O–H groups in total. The molecular weight excluding hydrogens is 445 g/mol. The van der Waals surface area contributed by atoms with E-state index in [9.17, 15) is 0 Å². The van der Waals surface area contributed by atoms with Crippen LogP contribution in [0.15, 0.2) is 85.1 Å². The van der Waals surface area contributed by atoms with Crippen LogP contribution in [0.1, 0.15) is 22.6 Å². The summed E-state index contributed by atoms with van der Waals surface area (Å²) in [5.74, 6) is 0. The van der Waals surface area contributed by atoms with Gasteiger partial charge in [-0.15, -0.1) is 0 Å². The van der Waals surface area contributed by atoms with Gasteiger partial charge in [0.1, 0.15) is 5.69 Å². The average Bonchev–Trinajstić information content (AvgIpc) is 3.20. The number of nitrogens with zero attached hydrogens (tertiary/aromatic N) is 3. The van der Waals surface area contributed by atoms with Gasteiger partial charge in [-0.05, 0) is 36.8 Å². The van der Waals surface area contributed by atoms with Gasteiger partial charge < -0.3 is 24.0 Å².